The lowest BCUT2D eigenvalue weighted by molar-refractivity contribution is -0.126. The first-order valence-corrected chi connectivity index (χ1v) is 13.7. The van der Waals surface area contributed by atoms with E-state index in [1.54, 1.807) is 37.3 Å². The molecular weight excluding hydrogens is 544 g/mol. The molecule has 0 heterocycles. The predicted octanol–water partition coefficient (Wildman–Crippen LogP) is 6.18. The van der Waals surface area contributed by atoms with Gasteiger partial charge in [-0.05, 0) is 73.7 Å². The van der Waals surface area contributed by atoms with Crippen LogP contribution in [0.5, 0.6) is 0 Å². The second kappa shape index (κ2) is 14.9. The molecule has 9 nitrogen and oxygen atoms in total. The maximum atomic E-state index is 13.1. The number of urea groups is 1. The number of carbonyl (C=O) groups is 4. The minimum Gasteiger partial charge on any atom is -0.462 e. The van der Waals surface area contributed by atoms with Gasteiger partial charge in [-0.2, -0.15) is 0 Å². The molecule has 0 aliphatic rings. The fraction of sp³-hybridized carbons (Fsp3) is 0.290. The van der Waals surface area contributed by atoms with Gasteiger partial charge in [0.05, 0.1) is 23.6 Å². The number of aryl methyl sites for hydroxylation is 1. The molecule has 0 unspecified atom stereocenters. The third kappa shape index (κ3) is 9.65. The molecule has 0 bridgehead atoms. The standard InChI is InChI=1S/C31H35ClN4O5/c1-5-41-30(39)24-15-14-23(18-25(24)32)33-29(38)27(16-19(2)3)35-28(37)17-21-10-12-22(13-11-21)34-31(40)36-26-9-7-6-8-20(26)4/h6-15,18-19,27H,5,16-17H2,1-4H3,(H,33,38)(H,35,37)(H2,34,36,40)/t27-/m0/s1. The maximum Gasteiger partial charge on any atom is 0.339 e. The van der Waals surface area contributed by atoms with Gasteiger partial charge in [-0.25, -0.2) is 9.59 Å². The van der Waals surface area contributed by atoms with Crippen molar-refractivity contribution in [1.82, 2.24) is 5.32 Å². The number of hydrogen-bond donors (Lipinski definition) is 4. The van der Waals surface area contributed by atoms with Gasteiger partial charge >= 0.3 is 12.0 Å². The molecule has 0 radical (unpaired) electrons. The number of para-hydroxylation sites is 1. The number of nitrogens with one attached hydrogen (secondary N) is 4. The molecule has 0 aromatic heterocycles. The molecular formula is C31H35ClN4O5. The molecule has 1 atom stereocenters. The molecule has 0 saturated carbocycles. The molecule has 3 aromatic rings. The average molecular weight is 579 g/mol. The van der Waals surface area contributed by atoms with E-state index in [0.29, 0.717) is 17.8 Å². The fourth-order valence-corrected chi connectivity index (χ4v) is 4.29. The third-order valence-corrected chi connectivity index (χ3v) is 6.37. The fourth-order valence-electron chi connectivity index (χ4n) is 4.03. The number of rotatable bonds is 11. The summed E-state index contributed by atoms with van der Waals surface area (Å²) in [6, 6.07) is 17.7. The Morgan fingerprint density at radius 1 is 0.878 bits per heavy atom. The van der Waals surface area contributed by atoms with Gasteiger partial charge in [0.15, 0.2) is 0 Å². The van der Waals surface area contributed by atoms with Gasteiger partial charge in [0.25, 0.3) is 0 Å². The molecule has 3 rings (SSSR count). The van der Waals surface area contributed by atoms with Crippen LogP contribution in [0.3, 0.4) is 0 Å². The highest BCUT2D eigenvalue weighted by Crippen LogP contribution is 2.22. The molecule has 10 heteroatoms. The number of ether oxygens (including phenoxy) is 1. The smallest absolute Gasteiger partial charge is 0.339 e. The van der Waals surface area contributed by atoms with E-state index in [2.05, 4.69) is 21.3 Å². The minimum atomic E-state index is -0.780. The largest absolute Gasteiger partial charge is 0.462 e. The number of amides is 4. The van der Waals surface area contributed by atoms with E-state index in [0.717, 1.165) is 16.8 Å². The van der Waals surface area contributed by atoms with Crippen molar-refractivity contribution in [3.05, 3.63) is 88.4 Å². The Balaban J connectivity index is 1.57. The molecule has 216 valence electrons. The van der Waals surface area contributed by atoms with Gasteiger partial charge in [-0.15, -0.1) is 0 Å². The van der Waals surface area contributed by atoms with Crippen LogP contribution in [0.4, 0.5) is 21.9 Å². The SMILES string of the molecule is CCOC(=O)c1ccc(NC(=O)[C@H](CC(C)C)NC(=O)Cc2ccc(NC(=O)Nc3ccccc3C)cc2)cc1Cl. The zero-order chi connectivity index (χ0) is 29.9. The van der Waals surface area contributed by atoms with Crippen molar-refractivity contribution >= 4 is 52.5 Å². The van der Waals surface area contributed by atoms with Gasteiger partial charge in [0.2, 0.25) is 11.8 Å². The summed E-state index contributed by atoms with van der Waals surface area (Å²) in [7, 11) is 0. The minimum absolute atomic E-state index is 0.0532. The topological polar surface area (TPSA) is 126 Å². The lowest BCUT2D eigenvalue weighted by Gasteiger charge is -2.20. The van der Waals surface area contributed by atoms with Crippen molar-refractivity contribution < 1.29 is 23.9 Å². The van der Waals surface area contributed by atoms with Gasteiger partial charge in [0.1, 0.15) is 6.04 Å². The van der Waals surface area contributed by atoms with Crippen molar-refractivity contribution in [2.75, 3.05) is 22.6 Å². The van der Waals surface area contributed by atoms with Crippen LogP contribution >= 0.6 is 11.6 Å². The Labute approximate surface area is 245 Å². The quantitative estimate of drug-likeness (QED) is 0.202. The van der Waals surface area contributed by atoms with Crippen molar-refractivity contribution in [3.8, 4) is 0 Å². The van der Waals surface area contributed by atoms with E-state index in [-0.39, 0.29) is 41.5 Å². The summed E-state index contributed by atoms with van der Waals surface area (Å²) >= 11 is 6.21. The highest BCUT2D eigenvalue weighted by atomic mass is 35.5. The predicted molar refractivity (Wildman–Crippen MR) is 161 cm³/mol. The Bertz CT molecular complexity index is 1390. The molecule has 4 amide bonds. The second-order valence-corrected chi connectivity index (χ2v) is 10.3. The summed E-state index contributed by atoms with van der Waals surface area (Å²) in [5.74, 6) is -1.13. The van der Waals surface area contributed by atoms with Crippen LogP contribution in [-0.2, 0) is 20.7 Å². The normalized spacial score (nSPS) is 11.4. The van der Waals surface area contributed by atoms with E-state index >= 15 is 0 Å². The summed E-state index contributed by atoms with van der Waals surface area (Å²) in [6.45, 7) is 7.74. The van der Waals surface area contributed by atoms with Gasteiger partial charge < -0.3 is 26.0 Å². The molecule has 0 saturated heterocycles. The first kappa shape index (κ1) is 31.2. The highest BCUT2D eigenvalue weighted by Gasteiger charge is 2.23. The average Bonchev–Trinajstić information content (AvgIpc) is 2.90. The van der Waals surface area contributed by atoms with Crippen LogP contribution in [0.1, 0.15) is 48.7 Å². The summed E-state index contributed by atoms with van der Waals surface area (Å²) in [4.78, 5) is 50.2. The van der Waals surface area contributed by atoms with Crippen LogP contribution in [0, 0.1) is 12.8 Å². The Kier molecular flexibility index (Phi) is 11.3. The maximum absolute atomic E-state index is 13.1. The Hall–Kier alpha value is -4.37. The van der Waals surface area contributed by atoms with E-state index in [9.17, 15) is 19.2 Å². The van der Waals surface area contributed by atoms with Crippen molar-refractivity contribution in [1.29, 1.82) is 0 Å². The monoisotopic (exact) mass is 578 g/mol. The van der Waals surface area contributed by atoms with E-state index < -0.39 is 17.9 Å². The first-order chi connectivity index (χ1) is 19.5. The Morgan fingerprint density at radius 3 is 2.20 bits per heavy atom. The van der Waals surface area contributed by atoms with Crippen LogP contribution in [0.15, 0.2) is 66.7 Å². The lowest BCUT2D eigenvalue weighted by Crippen LogP contribution is -2.45. The van der Waals surface area contributed by atoms with E-state index in [1.165, 1.54) is 12.1 Å². The zero-order valence-electron chi connectivity index (χ0n) is 23.5. The number of anilines is 3. The number of carbonyl (C=O) groups excluding carboxylic acids is 4. The summed E-state index contributed by atoms with van der Waals surface area (Å²) in [5, 5.41) is 11.3. The summed E-state index contributed by atoms with van der Waals surface area (Å²) < 4.78 is 4.97. The number of hydrogen-bond acceptors (Lipinski definition) is 5. The summed E-state index contributed by atoms with van der Waals surface area (Å²) in [5.41, 5.74) is 3.55. The van der Waals surface area contributed by atoms with Crippen molar-refractivity contribution in [2.24, 2.45) is 5.92 Å². The Morgan fingerprint density at radius 2 is 1.56 bits per heavy atom. The van der Waals surface area contributed by atoms with E-state index in [4.69, 9.17) is 16.3 Å². The molecule has 4 N–H and O–H groups in total. The second-order valence-electron chi connectivity index (χ2n) is 9.92. The van der Waals surface area contributed by atoms with Crippen LogP contribution < -0.4 is 21.3 Å². The van der Waals surface area contributed by atoms with Crippen molar-refractivity contribution in [2.45, 2.75) is 46.6 Å². The van der Waals surface area contributed by atoms with Crippen molar-refractivity contribution in [3.63, 3.8) is 0 Å². The molecule has 0 spiro atoms. The van der Waals surface area contributed by atoms with Crippen LogP contribution in [-0.4, -0.2) is 36.5 Å². The number of benzene rings is 3. The highest BCUT2D eigenvalue weighted by molar-refractivity contribution is 6.34. The zero-order valence-corrected chi connectivity index (χ0v) is 24.3. The van der Waals surface area contributed by atoms with Crippen LogP contribution in [0.25, 0.3) is 0 Å². The van der Waals surface area contributed by atoms with E-state index in [1.807, 2.05) is 45.0 Å². The lowest BCUT2D eigenvalue weighted by atomic mass is 10.0. The third-order valence-electron chi connectivity index (χ3n) is 6.06. The number of esters is 1. The molecule has 0 aliphatic carbocycles. The first-order valence-electron chi connectivity index (χ1n) is 13.3. The molecule has 41 heavy (non-hydrogen) atoms. The number of halogens is 1. The molecule has 0 aliphatic heterocycles. The van der Waals surface area contributed by atoms with Gasteiger partial charge in [0, 0.05) is 17.1 Å². The van der Waals surface area contributed by atoms with Crippen LogP contribution in [0.2, 0.25) is 5.02 Å². The molecule has 0 fully saturated rings. The summed E-state index contributed by atoms with van der Waals surface area (Å²) in [6.07, 6.45) is 0.475. The van der Waals surface area contributed by atoms with Gasteiger partial charge in [-0.1, -0.05) is 55.8 Å². The van der Waals surface area contributed by atoms with Gasteiger partial charge in [-0.3, -0.25) is 9.59 Å². The molecule has 3 aromatic carbocycles.